The molecule has 0 saturated heterocycles. The van der Waals surface area contributed by atoms with Gasteiger partial charge in [0, 0.05) is 52.5 Å². The first kappa shape index (κ1) is 30.1. The van der Waals surface area contributed by atoms with Gasteiger partial charge in [0.2, 0.25) is 5.69 Å². The molecule has 1 aliphatic rings. The fourth-order valence-corrected chi connectivity index (χ4v) is 7.66. The summed E-state index contributed by atoms with van der Waals surface area (Å²) in [5.74, 6) is 0. The average Bonchev–Trinajstić information content (AvgIpc) is 3.41. The van der Waals surface area contributed by atoms with Gasteiger partial charge in [-0.25, -0.2) is 14.8 Å². The second-order valence-corrected chi connectivity index (χ2v) is 13.3. The molecule has 0 saturated carbocycles. The lowest BCUT2D eigenvalue weighted by molar-refractivity contribution is 0.661. The van der Waals surface area contributed by atoms with Crippen LogP contribution in [-0.2, 0) is 5.41 Å². The molecule has 9 rings (SSSR count). The third-order valence-corrected chi connectivity index (χ3v) is 10.0. The van der Waals surface area contributed by atoms with Crippen molar-refractivity contribution < 1.29 is 0 Å². The Kier molecular flexibility index (Phi) is 6.81. The third-order valence-electron chi connectivity index (χ3n) is 10.0. The summed E-state index contributed by atoms with van der Waals surface area (Å²) < 4.78 is 0. The molecule has 4 aromatic heterocycles. The summed E-state index contributed by atoms with van der Waals surface area (Å²) in [7, 11) is 0. The van der Waals surface area contributed by atoms with E-state index in [1.165, 1.54) is 22.3 Å². The second-order valence-electron chi connectivity index (χ2n) is 13.3. The van der Waals surface area contributed by atoms with Crippen molar-refractivity contribution in [2.45, 2.75) is 19.3 Å². The molecule has 51 heavy (non-hydrogen) atoms. The van der Waals surface area contributed by atoms with E-state index in [4.69, 9.17) is 16.5 Å². The van der Waals surface area contributed by atoms with Crippen molar-refractivity contribution in [2.24, 2.45) is 0 Å². The maximum Gasteiger partial charge on any atom is 0.205 e. The van der Waals surface area contributed by atoms with Gasteiger partial charge in [-0.05, 0) is 92.3 Å². The molecule has 6 nitrogen and oxygen atoms in total. The van der Waals surface area contributed by atoms with Crippen LogP contribution in [-0.4, -0.2) is 19.9 Å². The van der Waals surface area contributed by atoms with Crippen LogP contribution < -0.4 is 0 Å². The van der Waals surface area contributed by atoms with Crippen LogP contribution in [0.15, 0.2) is 134 Å². The highest BCUT2D eigenvalue weighted by atomic mass is 14.8. The number of aromatic nitrogens is 4. The monoisotopic (exact) mass is 652 g/mol. The van der Waals surface area contributed by atoms with Gasteiger partial charge in [0.05, 0.1) is 34.9 Å². The van der Waals surface area contributed by atoms with E-state index in [-0.39, 0.29) is 5.41 Å². The number of fused-ring (bicyclic) bond motifs is 5. The Labute approximate surface area is 295 Å². The summed E-state index contributed by atoms with van der Waals surface area (Å²) in [5, 5.41) is 13.8. The zero-order valence-electron chi connectivity index (χ0n) is 27.9. The Hall–Kier alpha value is -7.02. The number of benzene rings is 4. The Morgan fingerprint density at radius 3 is 1.82 bits per heavy atom. The fourth-order valence-electron chi connectivity index (χ4n) is 7.66. The average molecular weight is 653 g/mol. The quantitative estimate of drug-likeness (QED) is 0.140. The van der Waals surface area contributed by atoms with Crippen LogP contribution in [0.2, 0.25) is 0 Å². The van der Waals surface area contributed by atoms with E-state index in [1.807, 2.05) is 36.4 Å². The van der Waals surface area contributed by atoms with Crippen LogP contribution in [0.5, 0.6) is 0 Å². The standard InChI is InChI=1S/C45H28N6/c1-45(2)37-13-7-6-10-31(37)34-20-35-36(21-38(34)45)44(42-17-8-14-39(50-42)28-18-27(22-46)23-48-24-28)33-12-5-4-11-32(33)43(35)41-16-9-15-40(51-41)29-19-30(47-3)26-49-25-29/h4-21,23-26H,1-2H3. The molecule has 1 aliphatic carbocycles. The van der Waals surface area contributed by atoms with Gasteiger partial charge >= 0.3 is 0 Å². The highest BCUT2D eigenvalue weighted by molar-refractivity contribution is 6.22. The van der Waals surface area contributed by atoms with Crippen molar-refractivity contribution in [1.82, 2.24) is 19.9 Å². The first-order valence-corrected chi connectivity index (χ1v) is 16.7. The molecule has 0 fully saturated rings. The maximum absolute atomic E-state index is 9.56. The lowest BCUT2D eigenvalue weighted by atomic mass is 9.80. The summed E-state index contributed by atoms with van der Waals surface area (Å²) in [6.07, 6.45) is 6.64. The van der Waals surface area contributed by atoms with Gasteiger partial charge in [-0.15, -0.1) is 0 Å². The molecule has 0 N–H and O–H groups in total. The maximum atomic E-state index is 9.56. The minimum atomic E-state index is -0.207. The Morgan fingerprint density at radius 2 is 1.16 bits per heavy atom. The number of hydrogen-bond acceptors (Lipinski definition) is 5. The number of nitriles is 1. The molecule has 8 aromatic rings. The molecule has 0 atom stereocenters. The minimum Gasteiger partial charge on any atom is -0.276 e. The molecule has 0 radical (unpaired) electrons. The molecule has 0 unspecified atom stereocenters. The van der Waals surface area contributed by atoms with E-state index in [2.05, 4.69) is 108 Å². The normalized spacial score (nSPS) is 12.6. The summed E-state index contributed by atoms with van der Waals surface area (Å²) >= 11 is 0. The van der Waals surface area contributed by atoms with Gasteiger partial charge in [0.25, 0.3) is 0 Å². The highest BCUT2D eigenvalue weighted by Crippen LogP contribution is 2.53. The van der Waals surface area contributed by atoms with E-state index < -0.39 is 0 Å². The summed E-state index contributed by atoms with van der Waals surface area (Å²) in [6.45, 7) is 12.1. The van der Waals surface area contributed by atoms with E-state index in [0.29, 0.717) is 11.3 Å². The highest BCUT2D eigenvalue weighted by Gasteiger charge is 2.36. The molecule has 0 amide bonds. The smallest absolute Gasteiger partial charge is 0.205 e. The Bertz CT molecular complexity index is 2820. The SMILES string of the molecule is [C-]#[N+]c1cncc(-c2cccc(-c3c4ccccc4c(-c4cccc(-c5cncc(C#N)c5)n4)c4cc5c(cc34)-c3ccccc3C5(C)C)n2)c1. The number of rotatable bonds is 4. The molecule has 0 spiro atoms. The van der Waals surface area contributed by atoms with E-state index in [0.717, 1.165) is 66.6 Å². The van der Waals surface area contributed by atoms with E-state index in [1.54, 1.807) is 24.8 Å². The van der Waals surface area contributed by atoms with E-state index >= 15 is 0 Å². The van der Waals surface area contributed by atoms with Crippen molar-refractivity contribution in [3.05, 3.63) is 162 Å². The molecule has 0 bridgehead atoms. The van der Waals surface area contributed by atoms with Crippen LogP contribution in [0.4, 0.5) is 5.69 Å². The van der Waals surface area contributed by atoms with Crippen LogP contribution in [0, 0.1) is 17.9 Å². The summed E-state index contributed by atoms with van der Waals surface area (Å²) in [6, 6.07) is 39.9. The molecule has 4 aromatic carbocycles. The minimum absolute atomic E-state index is 0.207. The molecule has 0 aliphatic heterocycles. The topological polar surface area (TPSA) is 79.7 Å². The van der Waals surface area contributed by atoms with Gasteiger partial charge in [-0.1, -0.05) is 74.5 Å². The van der Waals surface area contributed by atoms with Crippen molar-refractivity contribution in [3.63, 3.8) is 0 Å². The van der Waals surface area contributed by atoms with Crippen molar-refractivity contribution >= 4 is 27.2 Å². The largest absolute Gasteiger partial charge is 0.276 e. The number of nitrogens with zero attached hydrogens (tertiary/aromatic N) is 6. The predicted octanol–water partition coefficient (Wildman–Crippen LogP) is 11.0. The lowest BCUT2D eigenvalue weighted by Gasteiger charge is -2.23. The lowest BCUT2D eigenvalue weighted by Crippen LogP contribution is -2.14. The summed E-state index contributed by atoms with van der Waals surface area (Å²) in [5.41, 5.74) is 12.6. The second kappa shape index (κ2) is 11.6. The van der Waals surface area contributed by atoms with Gasteiger partial charge in [-0.2, -0.15) is 5.26 Å². The molecule has 238 valence electrons. The van der Waals surface area contributed by atoms with Crippen LogP contribution >= 0.6 is 0 Å². The van der Waals surface area contributed by atoms with Crippen LogP contribution in [0.1, 0.15) is 30.5 Å². The predicted molar refractivity (Wildman–Crippen MR) is 203 cm³/mol. The van der Waals surface area contributed by atoms with Crippen molar-refractivity contribution in [2.75, 3.05) is 0 Å². The van der Waals surface area contributed by atoms with E-state index in [9.17, 15) is 5.26 Å². The number of pyridine rings is 4. The molecule has 4 heterocycles. The van der Waals surface area contributed by atoms with Gasteiger partial charge in [-0.3, -0.25) is 9.97 Å². The Morgan fingerprint density at radius 1 is 0.569 bits per heavy atom. The van der Waals surface area contributed by atoms with Crippen LogP contribution in [0.3, 0.4) is 0 Å². The first-order valence-electron chi connectivity index (χ1n) is 16.7. The third kappa shape index (κ3) is 4.77. The van der Waals surface area contributed by atoms with Gasteiger partial charge in [0.1, 0.15) is 6.07 Å². The van der Waals surface area contributed by atoms with Gasteiger partial charge in [0.15, 0.2) is 0 Å². The van der Waals surface area contributed by atoms with Gasteiger partial charge < -0.3 is 0 Å². The van der Waals surface area contributed by atoms with Crippen molar-refractivity contribution in [1.29, 1.82) is 5.26 Å². The zero-order chi connectivity index (χ0) is 34.7. The summed E-state index contributed by atoms with van der Waals surface area (Å²) in [4.78, 5) is 22.7. The first-order chi connectivity index (χ1) is 24.9. The zero-order valence-corrected chi connectivity index (χ0v) is 27.9. The molecular formula is C45H28N6. The number of hydrogen-bond donors (Lipinski definition) is 0. The molecular weight excluding hydrogens is 625 g/mol. The van der Waals surface area contributed by atoms with Crippen molar-refractivity contribution in [3.8, 4) is 62.2 Å². The van der Waals surface area contributed by atoms with Crippen LogP contribution in [0.25, 0.3) is 82.5 Å². The Balaban J connectivity index is 1.38. The molecule has 6 heteroatoms. The fraction of sp³-hybridized carbons (Fsp3) is 0.0667.